The molecule has 2 aliphatic heterocycles. The van der Waals surface area contributed by atoms with Gasteiger partial charge in [-0.05, 0) is 55.5 Å². The van der Waals surface area contributed by atoms with Crippen molar-refractivity contribution in [3.05, 3.63) is 45.2 Å². The molecule has 1 aromatic heterocycles. The van der Waals surface area contributed by atoms with Crippen molar-refractivity contribution in [2.45, 2.75) is 31.1 Å². The molecule has 2 N–H and O–H groups in total. The van der Waals surface area contributed by atoms with Crippen LogP contribution in [0.25, 0.3) is 11.3 Å². The van der Waals surface area contributed by atoms with Gasteiger partial charge < -0.3 is 15.0 Å². The summed E-state index contributed by atoms with van der Waals surface area (Å²) in [5.74, 6) is -0.293. The number of aromatic carboxylic acids is 1. The molecule has 2 aliphatic rings. The Balaban J connectivity index is 1.87. The van der Waals surface area contributed by atoms with Crippen LogP contribution >= 0.6 is 11.8 Å². The predicted molar refractivity (Wildman–Crippen MR) is 100 cm³/mol. The third-order valence-electron chi connectivity index (χ3n) is 5.12. The Morgan fingerprint density at radius 2 is 2.04 bits per heavy atom. The lowest BCUT2D eigenvalue weighted by atomic mass is 9.96. The van der Waals surface area contributed by atoms with Gasteiger partial charge in [-0.1, -0.05) is 0 Å². The maximum atomic E-state index is 12.3. The number of rotatable bonds is 2. The molecule has 6 heteroatoms. The van der Waals surface area contributed by atoms with Crippen LogP contribution in [0.5, 0.6) is 0 Å². The molecular formula is C19H20N2O3S. The standard InChI is InChI=1S/C19H20N2O3S/c1-11-13-6-9-25-15-10-12(21-7-2-3-8-21)4-5-14(15)17(13)20-18(22)16(11)19(23)24/h4-5,10H,2-3,6-9H2,1H3,(H,20,22)(H,23,24). The SMILES string of the molecule is Cc1c2c([nH]c(=O)c1C(=O)O)-c1ccc(N3CCCC3)cc1SCC2. The Hall–Kier alpha value is -2.21. The van der Waals surface area contributed by atoms with E-state index in [1.807, 2.05) is 0 Å². The zero-order valence-corrected chi connectivity index (χ0v) is 14.9. The van der Waals surface area contributed by atoms with Gasteiger partial charge in [-0.2, -0.15) is 0 Å². The van der Waals surface area contributed by atoms with Gasteiger partial charge in [0.25, 0.3) is 5.56 Å². The van der Waals surface area contributed by atoms with Gasteiger partial charge in [0.2, 0.25) is 0 Å². The second kappa shape index (κ2) is 6.26. The van der Waals surface area contributed by atoms with Gasteiger partial charge in [-0.3, -0.25) is 4.79 Å². The first-order valence-electron chi connectivity index (χ1n) is 8.57. The lowest BCUT2D eigenvalue weighted by Gasteiger charge is -2.20. The molecule has 0 spiro atoms. The van der Waals surface area contributed by atoms with Gasteiger partial charge in [-0.15, -0.1) is 11.8 Å². The summed E-state index contributed by atoms with van der Waals surface area (Å²) in [4.78, 5) is 30.1. The lowest BCUT2D eigenvalue weighted by molar-refractivity contribution is 0.0694. The van der Waals surface area contributed by atoms with E-state index in [9.17, 15) is 14.7 Å². The summed E-state index contributed by atoms with van der Waals surface area (Å²) in [5, 5.41) is 9.34. The maximum absolute atomic E-state index is 12.3. The number of fused-ring (bicyclic) bond motifs is 3. The Kier molecular flexibility index (Phi) is 4.07. The molecule has 130 valence electrons. The highest BCUT2D eigenvalue weighted by atomic mass is 32.2. The first-order chi connectivity index (χ1) is 12.1. The summed E-state index contributed by atoms with van der Waals surface area (Å²) in [6.45, 7) is 3.93. The first kappa shape index (κ1) is 16.3. The molecule has 0 saturated carbocycles. The number of carboxylic acids is 1. The molecule has 3 heterocycles. The molecule has 0 radical (unpaired) electrons. The lowest BCUT2D eigenvalue weighted by Crippen LogP contribution is -2.22. The van der Waals surface area contributed by atoms with E-state index >= 15 is 0 Å². The van der Waals surface area contributed by atoms with Crippen LogP contribution in [0.2, 0.25) is 0 Å². The van der Waals surface area contributed by atoms with E-state index < -0.39 is 11.5 Å². The number of aromatic nitrogens is 1. The highest BCUT2D eigenvalue weighted by Gasteiger charge is 2.24. The zero-order chi connectivity index (χ0) is 17.6. The minimum atomic E-state index is -1.16. The van der Waals surface area contributed by atoms with Crippen molar-refractivity contribution >= 4 is 23.4 Å². The fourth-order valence-electron chi connectivity index (χ4n) is 3.83. The highest BCUT2D eigenvalue weighted by molar-refractivity contribution is 7.99. The number of pyridine rings is 1. The number of H-pyrrole nitrogens is 1. The highest BCUT2D eigenvalue weighted by Crippen LogP contribution is 2.40. The average molecular weight is 356 g/mol. The van der Waals surface area contributed by atoms with Crippen LogP contribution in [0.4, 0.5) is 5.69 Å². The molecule has 0 amide bonds. The topological polar surface area (TPSA) is 73.4 Å². The van der Waals surface area contributed by atoms with Crippen LogP contribution < -0.4 is 10.5 Å². The molecule has 25 heavy (non-hydrogen) atoms. The van der Waals surface area contributed by atoms with Crippen LogP contribution in [-0.2, 0) is 6.42 Å². The van der Waals surface area contributed by atoms with Crippen molar-refractivity contribution in [2.75, 3.05) is 23.7 Å². The number of hydrogen-bond donors (Lipinski definition) is 2. The van der Waals surface area contributed by atoms with E-state index in [4.69, 9.17) is 0 Å². The molecule has 4 rings (SSSR count). The Morgan fingerprint density at radius 1 is 1.28 bits per heavy atom. The van der Waals surface area contributed by atoms with Gasteiger partial charge in [-0.25, -0.2) is 4.79 Å². The number of thioether (sulfide) groups is 1. The summed E-state index contributed by atoms with van der Waals surface area (Å²) in [5.41, 5.74) is 3.87. The number of nitrogens with one attached hydrogen (secondary N) is 1. The number of aromatic amines is 1. The van der Waals surface area contributed by atoms with Crippen molar-refractivity contribution in [1.82, 2.24) is 4.98 Å². The molecule has 2 aromatic rings. The minimum absolute atomic E-state index is 0.138. The van der Waals surface area contributed by atoms with E-state index in [1.54, 1.807) is 18.7 Å². The van der Waals surface area contributed by atoms with Crippen molar-refractivity contribution in [2.24, 2.45) is 0 Å². The number of anilines is 1. The first-order valence-corrected chi connectivity index (χ1v) is 9.56. The van der Waals surface area contributed by atoms with Gasteiger partial charge in [0.15, 0.2) is 0 Å². The van der Waals surface area contributed by atoms with E-state index in [2.05, 4.69) is 28.1 Å². The molecule has 5 nitrogen and oxygen atoms in total. The summed E-state index contributed by atoms with van der Waals surface area (Å²) in [6, 6.07) is 6.38. The quantitative estimate of drug-likeness (QED) is 0.864. The number of carbonyl (C=O) groups is 1. The summed E-state index contributed by atoms with van der Waals surface area (Å²) in [6.07, 6.45) is 3.21. The molecule has 0 unspecified atom stereocenters. The van der Waals surface area contributed by atoms with Crippen LogP contribution in [0, 0.1) is 6.92 Å². The summed E-state index contributed by atoms with van der Waals surface area (Å²) in [7, 11) is 0. The van der Waals surface area contributed by atoms with Gasteiger partial charge >= 0.3 is 5.97 Å². The third-order valence-corrected chi connectivity index (χ3v) is 6.18. The molecule has 0 bridgehead atoms. The molecule has 1 saturated heterocycles. The smallest absolute Gasteiger partial charge is 0.341 e. The maximum Gasteiger partial charge on any atom is 0.341 e. The second-order valence-corrected chi connectivity index (χ2v) is 7.72. The van der Waals surface area contributed by atoms with Crippen LogP contribution in [0.3, 0.4) is 0 Å². The minimum Gasteiger partial charge on any atom is -0.477 e. The monoisotopic (exact) mass is 356 g/mol. The summed E-state index contributed by atoms with van der Waals surface area (Å²) < 4.78 is 0. The van der Waals surface area contributed by atoms with E-state index in [1.165, 1.54) is 18.5 Å². The average Bonchev–Trinajstić information content (AvgIpc) is 3.04. The Labute approximate surface area is 150 Å². The van der Waals surface area contributed by atoms with E-state index in [-0.39, 0.29) is 5.56 Å². The molecule has 1 aromatic carbocycles. The molecule has 1 fully saturated rings. The molecular weight excluding hydrogens is 336 g/mol. The van der Waals surface area contributed by atoms with E-state index in [0.29, 0.717) is 5.56 Å². The van der Waals surface area contributed by atoms with Gasteiger partial charge in [0.05, 0.1) is 5.69 Å². The number of nitrogens with zero attached hydrogens (tertiary/aromatic N) is 1. The molecule has 0 atom stereocenters. The zero-order valence-electron chi connectivity index (χ0n) is 14.1. The second-order valence-electron chi connectivity index (χ2n) is 6.59. The van der Waals surface area contributed by atoms with Crippen LogP contribution in [0.1, 0.15) is 34.3 Å². The van der Waals surface area contributed by atoms with Crippen molar-refractivity contribution in [1.29, 1.82) is 0 Å². The van der Waals surface area contributed by atoms with Crippen molar-refractivity contribution in [3.63, 3.8) is 0 Å². The summed E-state index contributed by atoms with van der Waals surface area (Å²) >= 11 is 1.77. The van der Waals surface area contributed by atoms with Crippen LogP contribution in [0.15, 0.2) is 27.9 Å². The fraction of sp³-hybridized carbons (Fsp3) is 0.368. The van der Waals surface area contributed by atoms with Gasteiger partial charge in [0, 0.05) is 35.0 Å². The van der Waals surface area contributed by atoms with E-state index in [0.717, 1.165) is 47.0 Å². The predicted octanol–water partition coefficient (Wildman–Crippen LogP) is 3.30. The van der Waals surface area contributed by atoms with Crippen LogP contribution in [-0.4, -0.2) is 34.9 Å². The normalized spacial score (nSPS) is 16.3. The molecule has 0 aliphatic carbocycles. The van der Waals surface area contributed by atoms with Crippen molar-refractivity contribution in [3.8, 4) is 11.3 Å². The van der Waals surface area contributed by atoms with Gasteiger partial charge in [0.1, 0.15) is 5.56 Å². The van der Waals surface area contributed by atoms with Crippen molar-refractivity contribution < 1.29 is 9.90 Å². The Morgan fingerprint density at radius 3 is 2.76 bits per heavy atom. The third kappa shape index (κ3) is 2.74. The number of hydrogen-bond acceptors (Lipinski definition) is 4. The number of carboxylic acid groups (broad SMARTS) is 1. The fourth-order valence-corrected chi connectivity index (χ4v) is 4.89. The Bertz CT molecular complexity index is 914. The largest absolute Gasteiger partial charge is 0.477 e. The number of benzene rings is 1.